The second-order valence-corrected chi connectivity index (χ2v) is 4.90. The van der Waals surface area contributed by atoms with Gasteiger partial charge in [0.1, 0.15) is 11.6 Å². The maximum absolute atomic E-state index is 14.3. The first kappa shape index (κ1) is 16.0. The maximum atomic E-state index is 14.3. The molecule has 5 heteroatoms. The molecule has 22 heavy (non-hydrogen) atoms. The van der Waals surface area contributed by atoms with Crippen LogP contribution in [0.4, 0.5) is 4.39 Å². The monoisotopic (exact) mass is 301 g/mol. The third-order valence-electron chi connectivity index (χ3n) is 3.44. The summed E-state index contributed by atoms with van der Waals surface area (Å²) in [4.78, 5) is 12.1. The Morgan fingerprint density at radius 3 is 2.86 bits per heavy atom. The molecule has 1 aliphatic rings. The Kier molecular flexibility index (Phi) is 5.49. The number of benzene rings is 1. The van der Waals surface area contributed by atoms with Crippen molar-refractivity contribution in [2.45, 2.75) is 6.42 Å². The normalized spacial score (nSPS) is 15.0. The van der Waals surface area contributed by atoms with Crippen molar-refractivity contribution in [3.05, 3.63) is 65.8 Å². The fourth-order valence-electron chi connectivity index (χ4n) is 2.28. The molecule has 1 aromatic carbocycles. The van der Waals surface area contributed by atoms with E-state index in [0.717, 1.165) is 25.1 Å². The molecule has 0 saturated carbocycles. The van der Waals surface area contributed by atoms with E-state index in [9.17, 15) is 9.18 Å². The van der Waals surface area contributed by atoms with E-state index in [-0.39, 0.29) is 17.3 Å². The molecule has 0 bridgehead atoms. The Bertz CT molecular complexity index is 635. The highest BCUT2D eigenvalue weighted by molar-refractivity contribution is 5.95. The SMILES string of the molecule is C=C/C=C(\NC)NC(=O)c1ccc(C2=CCNCC2)c(F)c1. The third kappa shape index (κ3) is 3.83. The topological polar surface area (TPSA) is 53.2 Å². The van der Waals surface area contributed by atoms with Crippen molar-refractivity contribution in [1.29, 1.82) is 0 Å². The molecule has 1 amide bonds. The summed E-state index contributed by atoms with van der Waals surface area (Å²) in [6.07, 6.45) is 5.95. The number of amides is 1. The Morgan fingerprint density at radius 1 is 1.45 bits per heavy atom. The average molecular weight is 301 g/mol. The lowest BCUT2D eigenvalue weighted by Crippen LogP contribution is -2.29. The van der Waals surface area contributed by atoms with Crippen molar-refractivity contribution in [3.63, 3.8) is 0 Å². The van der Waals surface area contributed by atoms with Crippen LogP contribution in [0.2, 0.25) is 0 Å². The first-order chi connectivity index (χ1) is 10.7. The molecule has 4 nitrogen and oxygen atoms in total. The molecule has 0 fully saturated rings. The molecule has 0 atom stereocenters. The smallest absolute Gasteiger partial charge is 0.256 e. The first-order valence-electron chi connectivity index (χ1n) is 7.17. The summed E-state index contributed by atoms with van der Waals surface area (Å²) in [6.45, 7) is 5.15. The largest absolute Gasteiger partial charge is 0.375 e. The number of hydrogen-bond donors (Lipinski definition) is 3. The van der Waals surface area contributed by atoms with Gasteiger partial charge in [-0.1, -0.05) is 24.8 Å². The predicted molar refractivity (Wildman–Crippen MR) is 86.7 cm³/mol. The van der Waals surface area contributed by atoms with E-state index < -0.39 is 0 Å². The zero-order valence-electron chi connectivity index (χ0n) is 12.6. The van der Waals surface area contributed by atoms with E-state index in [1.807, 2.05) is 6.08 Å². The van der Waals surface area contributed by atoms with Gasteiger partial charge in [0, 0.05) is 24.7 Å². The highest BCUT2D eigenvalue weighted by Gasteiger charge is 2.14. The van der Waals surface area contributed by atoms with Crippen molar-refractivity contribution < 1.29 is 9.18 Å². The highest BCUT2D eigenvalue weighted by atomic mass is 19.1. The number of carbonyl (C=O) groups is 1. The van der Waals surface area contributed by atoms with Crippen LogP contribution in [0.15, 0.2) is 48.8 Å². The fourth-order valence-corrected chi connectivity index (χ4v) is 2.28. The number of hydrogen-bond acceptors (Lipinski definition) is 3. The van der Waals surface area contributed by atoms with Crippen LogP contribution < -0.4 is 16.0 Å². The highest BCUT2D eigenvalue weighted by Crippen LogP contribution is 2.23. The average Bonchev–Trinajstić information content (AvgIpc) is 2.55. The van der Waals surface area contributed by atoms with Gasteiger partial charge < -0.3 is 16.0 Å². The molecule has 0 unspecified atom stereocenters. The van der Waals surface area contributed by atoms with E-state index in [1.165, 1.54) is 6.07 Å². The Balaban J connectivity index is 2.18. The van der Waals surface area contributed by atoms with E-state index in [1.54, 1.807) is 31.3 Å². The van der Waals surface area contributed by atoms with Gasteiger partial charge in [-0.25, -0.2) is 4.39 Å². The van der Waals surface area contributed by atoms with E-state index in [2.05, 4.69) is 22.5 Å². The predicted octanol–water partition coefficient (Wildman–Crippen LogP) is 2.18. The molecule has 1 aromatic rings. The molecule has 3 N–H and O–H groups in total. The standard InChI is InChI=1S/C17H20FN3O/c1-3-4-16(19-2)21-17(22)13-5-6-14(15(18)11-13)12-7-9-20-10-8-12/h3-7,11,19-20H,1,8-10H2,2H3,(H,21,22)/b16-4+. The van der Waals surface area contributed by atoms with E-state index in [0.29, 0.717) is 11.4 Å². The second kappa shape index (κ2) is 7.56. The molecule has 0 aliphatic carbocycles. The summed E-state index contributed by atoms with van der Waals surface area (Å²) in [6, 6.07) is 4.57. The van der Waals surface area contributed by atoms with Gasteiger partial charge in [0.25, 0.3) is 5.91 Å². The summed E-state index contributed by atoms with van der Waals surface area (Å²) in [5.74, 6) is -0.239. The number of carbonyl (C=O) groups excluding carboxylic acids is 1. The molecule has 0 aromatic heterocycles. The minimum atomic E-state index is -0.375. The summed E-state index contributed by atoms with van der Waals surface area (Å²) >= 11 is 0. The minimum Gasteiger partial charge on any atom is -0.375 e. The van der Waals surface area contributed by atoms with Crippen molar-refractivity contribution >= 4 is 11.5 Å². The number of nitrogens with one attached hydrogen (secondary N) is 3. The van der Waals surface area contributed by atoms with Crippen molar-refractivity contribution in [2.75, 3.05) is 20.1 Å². The van der Waals surface area contributed by atoms with Crippen molar-refractivity contribution in [2.24, 2.45) is 0 Å². The van der Waals surface area contributed by atoms with Gasteiger partial charge in [0.15, 0.2) is 0 Å². The number of rotatable bonds is 5. The molecular weight excluding hydrogens is 281 g/mol. The van der Waals surface area contributed by atoms with Gasteiger partial charge in [0.2, 0.25) is 0 Å². The summed E-state index contributed by atoms with van der Waals surface area (Å²) < 4.78 is 14.3. The van der Waals surface area contributed by atoms with Crippen molar-refractivity contribution in [3.8, 4) is 0 Å². The number of halogens is 1. The van der Waals surface area contributed by atoms with Gasteiger partial charge in [-0.3, -0.25) is 4.79 Å². The zero-order valence-corrected chi connectivity index (χ0v) is 12.6. The maximum Gasteiger partial charge on any atom is 0.256 e. The van der Waals surface area contributed by atoms with Gasteiger partial charge in [-0.2, -0.15) is 0 Å². The lowest BCUT2D eigenvalue weighted by atomic mass is 9.98. The van der Waals surface area contributed by atoms with Gasteiger partial charge in [-0.05, 0) is 36.7 Å². The lowest BCUT2D eigenvalue weighted by Gasteiger charge is -2.15. The van der Waals surface area contributed by atoms with Crippen LogP contribution in [0.5, 0.6) is 0 Å². The van der Waals surface area contributed by atoms with Crippen LogP contribution >= 0.6 is 0 Å². The summed E-state index contributed by atoms with van der Waals surface area (Å²) in [5.41, 5.74) is 1.82. The fraction of sp³-hybridized carbons (Fsp3) is 0.235. The molecular formula is C17H20FN3O. The Morgan fingerprint density at radius 2 is 2.27 bits per heavy atom. The molecule has 0 spiro atoms. The van der Waals surface area contributed by atoms with Crippen LogP contribution in [0.25, 0.3) is 5.57 Å². The van der Waals surface area contributed by atoms with Crippen LogP contribution in [0.1, 0.15) is 22.3 Å². The molecule has 1 heterocycles. The second-order valence-electron chi connectivity index (χ2n) is 4.90. The Labute approximate surface area is 129 Å². The number of allylic oxidation sites excluding steroid dienone is 2. The molecule has 0 saturated heterocycles. The summed E-state index contributed by atoms with van der Waals surface area (Å²) in [7, 11) is 1.68. The van der Waals surface area contributed by atoms with Crippen LogP contribution in [0, 0.1) is 5.82 Å². The van der Waals surface area contributed by atoms with Gasteiger partial charge >= 0.3 is 0 Å². The zero-order chi connectivity index (χ0) is 15.9. The Hall–Kier alpha value is -2.40. The van der Waals surface area contributed by atoms with Crippen LogP contribution in [0.3, 0.4) is 0 Å². The van der Waals surface area contributed by atoms with E-state index in [4.69, 9.17) is 0 Å². The molecule has 2 rings (SSSR count). The van der Waals surface area contributed by atoms with E-state index >= 15 is 0 Å². The molecule has 116 valence electrons. The van der Waals surface area contributed by atoms with Crippen LogP contribution in [-0.4, -0.2) is 26.0 Å². The van der Waals surface area contributed by atoms with Gasteiger partial charge in [0.05, 0.1) is 0 Å². The van der Waals surface area contributed by atoms with Crippen LogP contribution in [-0.2, 0) is 0 Å². The first-order valence-corrected chi connectivity index (χ1v) is 7.17. The lowest BCUT2D eigenvalue weighted by molar-refractivity contribution is 0.0963. The molecule has 1 aliphatic heterocycles. The summed E-state index contributed by atoms with van der Waals surface area (Å²) in [5, 5.41) is 8.68. The third-order valence-corrected chi connectivity index (χ3v) is 3.44. The quantitative estimate of drug-likeness (QED) is 0.731. The minimum absolute atomic E-state index is 0.279. The molecule has 0 radical (unpaired) electrons. The van der Waals surface area contributed by atoms with Gasteiger partial charge in [-0.15, -0.1) is 0 Å². The van der Waals surface area contributed by atoms with Crippen molar-refractivity contribution in [1.82, 2.24) is 16.0 Å².